The predicted octanol–water partition coefficient (Wildman–Crippen LogP) is 0.0449. The van der Waals surface area contributed by atoms with Gasteiger partial charge in [-0.05, 0) is 45.2 Å². The maximum absolute atomic E-state index is 11.7. The van der Waals surface area contributed by atoms with Gasteiger partial charge in [-0.2, -0.15) is 0 Å². The Labute approximate surface area is 100 Å². The summed E-state index contributed by atoms with van der Waals surface area (Å²) in [7, 11) is 0. The van der Waals surface area contributed by atoms with E-state index in [0.29, 0.717) is 12.8 Å². The van der Waals surface area contributed by atoms with E-state index in [4.69, 9.17) is 5.11 Å². The Morgan fingerprint density at radius 1 is 1.24 bits per heavy atom. The van der Waals surface area contributed by atoms with E-state index < -0.39 is 11.5 Å². The minimum Gasteiger partial charge on any atom is -0.480 e. The Morgan fingerprint density at radius 3 is 2.35 bits per heavy atom. The number of carboxylic acids is 1. The van der Waals surface area contributed by atoms with Gasteiger partial charge in [0.1, 0.15) is 5.54 Å². The number of hydrogen-bond donors (Lipinski definition) is 4. The quantitative estimate of drug-likeness (QED) is 0.562. The largest absolute Gasteiger partial charge is 0.480 e. The van der Waals surface area contributed by atoms with Gasteiger partial charge < -0.3 is 21.1 Å². The number of amides is 2. The van der Waals surface area contributed by atoms with E-state index in [9.17, 15) is 9.59 Å². The van der Waals surface area contributed by atoms with Crippen LogP contribution in [0.4, 0.5) is 4.79 Å². The lowest BCUT2D eigenvalue weighted by Crippen LogP contribution is -2.62. The molecule has 2 amide bonds. The number of piperidine rings is 1. The lowest BCUT2D eigenvalue weighted by Gasteiger charge is -2.38. The summed E-state index contributed by atoms with van der Waals surface area (Å²) < 4.78 is 0. The molecule has 0 spiro atoms. The van der Waals surface area contributed by atoms with Crippen LogP contribution in [0.5, 0.6) is 0 Å². The molecule has 0 aromatic heterocycles. The van der Waals surface area contributed by atoms with E-state index in [1.165, 1.54) is 0 Å². The molecule has 6 heteroatoms. The molecule has 17 heavy (non-hydrogen) atoms. The van der Waals surface area contributed by atoms with Gasteiger partial charge in [0.2, 0.25) is 0 Å². The van der Waals surface area contributed by atoms with Crippen molar-refractivity contribution >= 4 is 12.0 Å². The molecule has 0 unspecified atom stereocenters. The average molecular weight is 241 g/mol. The zero-order valence-electron chi connectivity index (χ0n) is 9.79. The van der Waals surface area contributed by atoms with E-state index in [-0.39, 0.29) is 12.1 Å². The van der Waals surface area contributed by atoms with Crippen LogP contribution in [0.15, 0.2) is 0 Å². The van der Waals surface area contributed by atoms with Crippen molar-refractivity contribution in [2.24, 2.45) is 0 Å². The van der Waals surface area contributed by atoms with Crippen molar-refractivity contribution in [2.75, 3.05) is 13.1 Å². The van der Waals surface area contributed by atoms with E-state index in [2.05, 4.69) is 16.0 Å². The molecule has 1 saturated carbocycles. The summed E-state index contributed by atoms with van der Waals surface area (Å²) >= 11 is 0. The number of hydrogen-bond acceptors (Lipinski definition) is 3. The van der Waals surface area contributed by atoms with Gasteiger partial charge >= 0.3 is 12.0 Å². The van der Waals surface area contributed by atoms with Crippen LogP contribution in [-0.4, -0.2) is 41.8 Å². The first-order valence-electron chi connectivity index (χ1n) is 6.15. The minimum absolute atomic E-state index is 0.155. The molecule has 4 N–H and O–H groups in total. The lowest BCUT2D eigenvalue weighted by atomic mass is 9.77. The van der Waals surface area contributed by atoms with E-state index >= 15 is 0 Å². The van der Waals surface area contributed by atoms with Crippen molar-refractivity contribution in [3.63, 3.8) is 0 Å². The summed E-state index contributed by atoms with van der Waals surface area (Å²) in [5.41, 5.74) is -1.02. The highest BCUT2D eigenvalue weighted by Gasteiger charge is 2.45. The fraction of sp³-hybridized carbons (Fsp3) is 0.818. The molecule has 6 nitrogen and oxygen atoms in total. The first kappa shape index (κ1) is 12.2. The molecule has 0 radical (unpaired) electrons. The van der Waals surface area contributed by atoms with Gasteiger partial charge in [-0.25, -0.2) is 9.59 Å². The SMILES string of the molecule is O=C(NC1CCNCC1)NC1(C(=O)O)CCC1. The van der Waals surface area contributed by atoms with Crippen LogP contribution in [-0.2, 0) is 4.79 Å². The first-order valence-corrected chi connectivity index (χ1v) is 6.15. The monoisotopic (exact) mass is 241 g/mol. The highest BCUT2D eigenvalue weighted by molar-refractivity contribution is 5.87. The number of rotatable bonds is 3. The smallest absolute Gasteiger partial charge is 0.329 e. The normalized spacial score (nSPS) is 23.5. The third kappa shape index (κ3) is 2.69. The molecule has 1 aliphatic carbocycles. The summed E-state index contributed by atoms with van der Waals surface area (Å²) in [6.07, 6.45) is 3.71. The van der Waals surface area contributed by atoms with Crippen LogP contribution in [0.1, 0.15) is 32.1 Å². The number of aliphatic carboxylic acids is 1. The van der Waals surface area contributed by atoms with Crippen molar-refractivity contribution in [1.82, 2.24) is 16.0 Å². The molecule has 1 saturated heterocycles. The topological polar surface area (TPSA) is 90.5 Å². The number of urea groups is 1. The molecule has 0 atom stereocenters. The van der Waals surface area contributed by atoms with Gasteiger partial charge in [-0.3, -0.25) is 0 Å². The molecule has 0 aromatic carbocycles. The number of carbonyl (C=O) groups is 2. The van der Waals surface area contributed by atoms with Crippen LogP contribution in [0.2, 0.25) is 0 Å². The van der Waals surface area contributed by atoms with E-state index in [0.717, 1.165) is 32.4 Å². The molecule has 2 rings (SSSR count). The van der Waals surface area contributed by atoms with Gasteiger partial charge in [-0.1, -0.05) is 0 Å². The molecule has 0 aromatic rings. The Balaban J connectivity index is 1.81. The summed E-state index contributed by atoms with van der Waals surface area (Å²) in [5, 5.41) is 17.7. The van der Waals surface area contributed by atoms with Crippen molar-refractivity contribution in [3.05, 3.63) is 0 Å². The van der Waals surface area contributed by atoms with Crippen LogP contribution in [0.3, 0.4) is 0 Å². The standard InChI is InChI=1S/C11H19N3O3/c15-9(16)11(4-1-5-11)14-10(17)13-8-2-6-12-7-3-8/h8,12H,1-7H2,(H,15,16)(H2,13,14,17). The van der Waals surface area contributed by atoms with Gasteiger partial charge in [0.25, 0.3) is 0 Å². The maximum atomic E-state index is 11.7. The Morgan fingerprint density at radius 2 is 1.88 bits per heavy atom. The lowest BCUT2D eigenvalue weighted by molar-refractivity contribution is -0.148. The van der Waals surface area contributed by atoms with Gasteiger partial charge in [-0.15, -0.1) is 0 Å². The van der Waals surface area contributed by atoms with E-state index in [1.807, 2.05) is 0 Å². The zero-order valence-corrected chi connectivity index (χ0v) is 9.79. The second kappa shape index (κ2) is 4.91. The average Bonchev–Trinajstić information content (AvgIpc) is 2.24. The zero-order chi connectivity index (χ0) is 12.3. The summed E-state index contributed by atoms with van der Waals surface area (Å²) in [4.78, 5) is 22.8. The second-order valence-electron chi connectivity index (χ2n) is 4.86. The van der Waals surface area contributed by atoms with Crippen molar-refractivity contribution in [2.45, 2.75) is 43.7 Å². The molecule has 1 aliphatic heterocycles. The Hall–Kier alpha value is -1.30. The molecule has 0 bridgehead atoms. The maximum Gasteiger partial charge on any atom is 0.329 e. The van der Waals surface area contributed by atoms with Crippen LogP contribution >= 0.6 is 0 Å². The van der Waals surface area contributed by atoms with Gasteiger partial charge in [0, 0.05) is 6.04 Å². The van der Waals surface area contributed by atoms with Crippen molar-refractivity contribution in [3.8, 4) is 0 Å². The van der Waals surface area contributed by atoms with Crippen LogP contribution < -0.4 is 16.0 Å². The van der Waals surface area contributed by atoms with Gasteiger partial charge in [0.15, 0.2) is 0 Å². The highest BCUT2D eigenvalue weighted by Crippen LogP contribution is 2.31. The summed E-state index contributed by atoms with van der Waals surface area (Å²) in [6, 6.07) is -0.193. The fourth-order valence-corrected chi connectivity index (χ4v) is 2.33. The number of carbonyl (C=O) groups excluding carboxylic acids is 1. The Bertz CT molecular complexity index is 309. The third-order valence-corrected chi connectivity index (χ3v) is 3.64. The van der Waals surface area contributed by atoms with E-state index in [1.54, 1.807) is 0 Å². The highest BCUT2D eigenvalue weighted by atomic mass is 16.4. The minimum atomic E-state index is -1.02. The summed E-state index contributed by atoms with van der Waals surface area (Å²) in [5.74, 6) is -0.927. The molecule has 1 heterocycles. The molecule has 2 aliphatic rings. The molecular weight excluding hydrogens is 222 g/mol. The first-order chi connectivity index (χ1) is 8.12. The summed E-state index contributed by atoms with van der Waals surface area (Å²) in [6.45, 7) is 1.80. The Kier molecular flexibility index (Phi) is 3.51. The van der Waals surface area contributed by atoms with Gasteiger partial charge in [0.05, 0.1) is 0 Å². The number of carboxylic acid groups (broad SMARTS) is 1. The van der Waals surface area contributed by atoms with Crippen molar-refractivity contribution in [1.29, 1.82) is 0 Å². The third-order valence-electron chi connectivity index (χ3n) is 3.64. The van der Waals surface area contributed by atoms with Crippen LogP contribution in [0, 0.1) is 0 Å². The second-order valence-corrected chi connectivity index (χ2v) is 4.86. The molecule has 96 valence electrons. The van der Waals surface area contributed by atoms with Crippen molar-refractivity contribution < 1.29 is 14.7 Å². The van der Waals surface area contributed by atoms with Crippen LogP contribution in [0.25, 0.3) is 0 Å². The fourth-order valence-electron chi connectivity index (χ4n) is 2.33. The number of nitrogens with one attached hydrogen (secondary N) is 3. The molecule has 2 fully saturated rings. The predicted molar refractivity (Wildman–Crippen MR) is 61.8 cm³/mol. The molecular formula is C11H19N3O3.